The number of guanidine groups is 1. The number of aliphatic imine (C=N–C) groups is 1. The molecule has 1 atom stereocenters. The Bertz CT molecular complexity index is 732. The lowest BCUT2D eigenvalue weighted by atomic mass is 10.2. The zero-order chi connectivity index (χ0) is 15.7. The second-order valence-electron chi connectivity index (χ2n) is 5.22. The van der Waals surface area contributed by atoms with Crippen LogP contribution in [0, 0.1) is 0 Å². The Morgan fingerprint density at radius 1 is 1.18 bits per heavy atom. The number of methoxy groups -OCH3 is 2. The van der Waals surface area contributed by atoms with Crippen molar-refractivity contribution in [2.24, 2.45) is 9.36 Å². The summed E-state index contributed by atoms with van der Waals surface area (Å²) in [7, 11) is 0.572. The molecule has 0 saturated carbocycles. The lowest BCUT2D eigenvalue weighted by Crippen LogP contribution is -2.46. The van der Waals surface area contributed by atoms with Crippen molar-refractivity contribution in [1.82, 2.24) is 10.2 Å². The van der Waals surface area contributed by atoms with Crippen LogP contribution in [0.1, 0.15) is 0 Å². The van der Waals surface area contributed by atoms with Crippen LogP contribution in [0.15, 0.2) is 26.4 Å². The third kappa shape index (κ3) is 2.64. The fourth-order valence-electron chi connectivity index (χ4n) is 2.57. The fraction of sp³-hybridized carbons (Fsp3) is 0.500. The molecule has 1 aromatic carbocycles. The van der Waals surface area contributed by atoms with Crippen LogP contribution in [0.3, 0.4) is 0 Å². The quantitative estimate of drug-likeness (QED) is 0.880. The molecule has 7 nitrogen and oxygen atoms in total. The highest BCUT2D eigenvalue weighted by atomic mass is 32.2. The number of rotatable bonds is 2. The topological polar surface area (TPSA) is 75.5 Å². The standard InChI is InChI=1S/C14H20N4O3S/c1-20-11-8-10-13(9-12(11)21-2)22(3,19)17-14(16-10)18-6-4-15-5-7-18/h8-9,15H,4-7H2,1-3H3. The Kier molecular flexibility index (Phi) is 3.96. The first-order valence-corrected chi connectivity index (χ1v) is 9.00. The van der Waals surface area contributed by atoms with Crippen LogP contribution in [-0.4, -0.2) is 61.7 Å². The lowest BCUT2D eigenvalue weighted by Gasteiger charge is -2.30. The number of nitrogens with zero attached hydrogens (tertiary/aromatic N) is 3. The molecule has 1 fully saturated rings. The summed E-state index contributed by atoms with van der Waals surface area (Å²) in [4.78, 5) is 7.22. The maximum absolute atomic E-state index is 13.0. The highest BCUT2D eigenvalue weighted by Gasteiger charge is 2.25. The number of ether oxygens (including phenoxy) is 2. The number of hydrogen-bond acceptors (Lipinski definition) is 7. The van der Waals surface area contributed by atoms with Gasteiger partial charge in [-0.2, -0.15) is 4.36 Å². The molecule has 3 rings (SSSR count). The van der Waals surface area contributed by atoms with E-state index in [-0.39, 0.29) is 0 Å². The van der Waals surface area contributed by atoms with E-state index in [0.29, 0.717) is 28.0 Å². The molecule has 2 aliphatic heterocycles. The highest BCUT2D eigenvalue weighted by molar-refractivity contribution is 7.93. The first-order valence-electron chi connectivity index (χ1n) is 7.08. The van der Waals surface area contributed by atoms with Crippen LogP contribution >= 0.6 is 0 Å². The van der Waals surface area contributed by atoms with Crippen LogP contribution < -0.4 is 14.8 Å². The molecule has 2 aliphatic rings. The number of hydrogen-bond donors (Lipinski definition) is 1. The molecule has 1 saturated heterocycles. The van der Waals surface area contributed by atoms with E-state index < -0.39 is 9.73 Å². The van der Waals surface area contributed by atoms with Gasteiger partial charge in [0.25, 0.3) is 0 Å². The van der Waals surface area contributed by atoms with E-state index in [1.807, 2.05) is 0 Å². The van der Waals surface area contributed by atoms with E-state index in [1.54, 1.807) is 32.6 Å². The van der Waals surface area contributed by atoms with Gasteiger partial charge < -0.3 is 19.7 Å². The van der Waals surface area contributed by atoms with Gasteiger partial charge >= 0.3 is 0 Å². The predicted molar refractivity (Wildman–Crippen MR) is 85.8 cm³/mol. The minimum absolute atomic E-state index is 0.534. The van der Waals surface area contributed by atoms with Gasteiger partial charge in [-0.15, -0.1) is 0 Å². The molecular weight excluding hydrogens is 304 g/mol. The van der Waals surface area contributed by atoms with Crippen LogP contribution in [0.2, 0.25) is 0 Å². The van der Waals surface area contributed by atoms with Gasteiger partial charge in [0, 0.05) is 44.6 Å². The maximum atomic E-state index is 13.0. The van der Waals surface area contributed by atoms with Crippen molar-refractivity contribution in [3.05, 3.63) is 12.1 Å². The Hall–Kier alpha value is -1.80. The van der Waals surface area contributed by atoms with E-state index >= 15 is 0 Å². The number of nitrogens with one attached hydrogen (secondary N) is 1. The summed E-state index contributed by atoms with van der Waals surface area (Å²) in [5, 5.41) is 3.28. The van der Waals surface area contributed by atoms with E-state index in [4.69, 9.17) is 9.47 Å². The van der Waals surface area contributed by atoms with Gasteiger partial charge in [-0.1, -0.05) is 0 Å². The molecule has 120 valence electrons. The summed E-state index contributed by atoms with van der Waals surface area (Å²) in [5.74, 6) is 1.64. The molecule has 0 bridgehead atoms. The van der Waals surface area contributed by atoms with Gasteiger partial charge in [-0.3, -0.25) is 0 Å². The maximum Gasteiger partial charge on any atom is 0.234 e. The average molecular weight is 324 g/mol. The smallest absolute Gasteiger partial charge is 0.234 e. The second kappa shape index (κ2) is 5.77. The summed E-state index contributed by atoms with van der Waals surface area (Å²) in [6.07, 6.45) is 1.63. The van der Waals surface area contributed by atoms with Crippen molar-refractivity contribution in [1.29, 1.82) is 0 Å². The molecular formula is C14H20N4O3S. The van der Waals surface area contributed by atoms with Crippen LogP contribution in [-0.2, 0) is 9.73 Å². The predicted octanol–water partition coefficient (Wildman–Crippen LogP) is 1.07. The largest absolute Gasteiger partial charge is 0.493 e. The van der Waals surface area contributed by atoms with E-state index in [9.17, 15) is 4.21 Å². The van der Waals surface area contributed by atoms with Gasteiger partial charge in [0.1, 0.15) is 0 Å². The number of piperazine rings is 1. The SMILES string of the molecule is COc1cc2c(cc1OC)S(C)(=O)=NC(N1CCNCC1)=N2. The normalized spacial score (nSPS) is 24.1. The minimum atomic E-state index is -2.55. The van der Waals surface area contributed by atoms with Crippen molar-refractivity contribution in [3.63, 3.8) is 0 Å². The van der Waals surface area contributed by atoms with E-state index in [1.165, 1.54) is 0 Å². The average Bonchev–Trinajstić information content (AvgIpc) is 2.53. The Labute approximate surface area is 130 Å². The molecule has 8 heteroatoms. The first kappa shape index (κ1) is 15.1. The summed E-state index contributed by atoms with van der Waals surface area (Å²) in [6.45, 7) is 3.36. The fourth-order valence-corrected chi connectivity index (χ4v) is 3.95. The van der Waals surface area contributed by atoms with Gasteiger partial charge in [-0.05, 0) is 0 Å². The lowest BCUT2D eigenvalue weighted by molar-refractivity contribution is 0.352. The molecule has 0 aromatic heterocycles. The number of benzene rings is 1. The zero-order valence-electron chi connectivity index (χ0n) is 13.0. The number of fused-ring (bicyclic) bond motifs is 1. The van der Waals surface area contributed by atoms with Gasteiger partial charge in [0.15, 0.2) is 11.5 Å². The minimum Gasteiger partial charge on any atom is -0.493 e. The molecule has 1 unspecified atom stereocenters. The molecule has 0 radical (unpaired) electrons. The summed E-state index contributed by atoms with van der Waals surface area (Å²) in [5.41, 5.74) is 0.633. The first-order chi connectivity index (χ1) is 10.5. The van der Waals surface area contributed by atoms with Crippen LogP contribution in [0.4, 0.5) is 5.69 Å². The summed E-state index contributed by atoms with van der Waals surface area (Å²) in [6, 6.07) is 3.46. The molecule has 0 spiro atoms. The van der Waals surface area contributed by atoms with Crippen molar-refractivity contribution >= 4 is 21.4 Å². The van der Waals surface area contributed by atoms with Crippen LogP contribution in [0.25, 0.3) is 0 Å². The molecule has 22 heavy (non-hydrogen) atoms. The summed E-state index contributed by atoms with van der Waals surface area (Å²) < 4.78 is 27.9. The van der Waals surface area contributed by atoms with Crippen molar-refractivity contribution in [2.75, 3.05) is 46.7 Å². The van der Waals surface area contributed by atoms with Gasteiger partial charge in [0.05, 0.1) is 34.5 Å². The Balaban J connectivity index is 2.11. The Morgan fingerprint density at radius 2 is 1.82 bits per heavy atom. The third-order valence-electron chi connectivity index (χ3n) is 3.75. The molecule has 1 aromatic rings. The molecule has 0 aliphatic carbocycles. The monoisotopic (exact) mass is 324 g/mol. The van der Waals surface area contributed by atoms with Gasteiger partial charge in [0.2, 0.25) is 5.96 Å². The van der Waals surface area contributed by atoms with Gasteiger partial charge in [-0.25, -0.2) is 9.20 Å². The van der Waals surface area contributed by atoms with E-state index in [2.05, 4.69) is 19.6 Å². The summed E-state index contributed by atoms with van der Waals surface area (Å²) >= 11 is 0. The van der Waals surface area contributed by atoms with Crippen molar-refractivity contribution in [3.8, 4) is 11.5 Å². The van der Waals surface area contributed by atoms with Crippen molar-refractivity contribution < 1.29 is 13.7 Å². The third-order valence-corrected chi connectivity index (χ3v) is 5.40. The molecule has 2 heterocycles. The van der Waals surface area contributed by atoms with Crippen LogP contribution in [0.5, 0.6) is 11.5 Å². The van der Waals surface area contributed by atoms with Crippen molar-refractivity contribution in [2.45, 2.75) is 4.90 Å². The molecule has 0 amide bonds. The zero-order valence-corrected chi connectivity index (χ0v) is 13.8. The molecule has 1 N–H and O–H groups in total. The Morgan fingerprint density at radius 3 is 2.45 bits per heavy atom. The second-order valence-corrected chi connectivity index (χ2v) is 7.45. The highest BCUT2D eigenvalue weighted by Crippen LogP contribution is 2.39. The van der Waals surface area contributed by atoms with E-state index in [0.717, 1.165) is 26.2 Å².